The third-order valence-corrected chi connectivity index (χ3v) is 2.27. The highest BCUT2D eigenvalue weighted by Crippen LogP contribution is 2.09. The molecule has 0 spiro atoms. The van der Waals surface area contributed by atoms with Gasteiger partial charge in [0.2, 0.25) is 0 Å². The molecule has 2 heteroatoms. The van der Waals surface area contributed by atoms with E-state index in [0.29, 0.717) is 0 Å². The molecule has 2 heterocycles. The van der Waals surface area contributed by atoms with Gasteiger partial charge in [0.05, 0.1) is 0 Å². The lowest BCUT2D eigenvalue weighted by atomic mass is 10.2. The van der Waals surface area contributed by atoms with E-state index in [2.05, 4.69) is 22.4 Å². The summed E-state index contributed by atoms with van der Waals surface area (Å²) in [5.74, 6) is 0. The quantitative estimate of drug-likeness (QED) is 0.739. The molecule has 1 aromatic carbocycles. The van der Waals surface area contributed by atoms with Gasteiger partial charge in [-0.1, -0.05) is 36.4 Å². The van der Waals surface area contributed by atoms with Crippen LogP contribution in [-0.2, 0) is 0 Å². The van der Waals surface area contributed by atoms with Crippen molar-refractivity contribution in [2.24, 2.45) is 0 Å². The maximum absolute atomic E-state index is 4.01. The molecule has 0 radical (unpaired) electrons. The summed E-state index contributed by atoms with van der Waals surface area (Å²) in [5, 5.41) is 5.37. The largest absolute Gasteiger partial charge is 0.368 e. The van der Waals surface area contributed by atoms with E-state index in [0.717, 1.165) is 0 Å². The molecule has 2 aromatic rings. The summed E-state index contributed by atoms with van der Waals surface area (Å²) in [6.07, 6.45) is 15.3. The fourth-order valence-corrected chi connectivity index (χ4v) is 1.43. The minimum absolute atomic E-state index is 1.20. The topological polar surface area (TPSA) is 24.9 Å². The van der Waals surface area contributed by atoms with E-state index in [1.165, 1.54) is 10.8 Å². The Balaban J connectivity index is 0.000000136. The molecule has 1 aliphatic rings. The first-order valence-electron chi connectivity index (χ1n) is 5.50. The van der Waals surface area contributed by atoms with Crippen molar-refractivity contribution in [1.82, 2.24) is 10.3 Å². The number of aromatic nitrogens is 1. The van der Waals surface area contributed by atoms with Crippen LogP contribution < -0.4 is 5.32 Å². The fourth-order valence-electron chi connectivity index (χ4n) is 1.43. The molecule has 0 amide bonds. The number of nitrogens with one attached hydrogen (secondary N) is 1. The molecular weight excluding hydrogens is 208 g/mol. The molecule has 0 bridgehead atoms. The number of nitrogens with zero attached hydrogens (tertiary/aromatic N) is 1. The van der Waals surface area contributed by atoms with E-state index < -0.39 is 0 Å². The average Bonchev–Trinajstić information content (AvgIpc) is 2.72. The van der Waals surface area contributed by atoms with Crippen LogP contribution in [0.25, 0.3) is 10.8 Å². The Labute approximate surface area is 101 Å². The Hall–Kier alpha value is -2.35. The van der Waals surface area contributed by atoms with Crippen LogP contribution in [0.2, 0.25) is 0 Å². The van der Waals surface area contributed by atoms with Crippen molar-refractivity contribution in [2.45, 2.75) is 0 Å². The third kappa shape index (κ3) is 3.61. The van der Waals surface area contributed by atoms with Gasteiger partial charge in [-0.2, -0.15) is 0 Å². The molecule has 1 N–H and O–H groups in total. The summed E-state index contributed by atoms with van der Waals surface area (Å²) < 4.78 is 0. The van der Waals surface area contributed by atoms with Gasteiger partial charge in [-0.15, -0.1) is 0 Å². The minimum Gasteiger partial charge on any atom is -0.368 e. The molecule has 1 aromatic heterocycles. The molecule has 0 fully saturated rings. The summed E-state index contributed by atoms with van der Waals surface area (Å²) in [6, 6.07) is 10.2. The SMILES string of the molecule is C1=CC=CNC=C1.c1ccc2cnccc2c1. The van der Waals surface area contributed by atoms with Crippen LogP contribution in [-0.4, -0.2) is 4.98 Å². The molecule has 0 saturated heterocycles. The Morgan fingerprint density at radius 3 is 2.18 bits per heavy atom. The summed E-state index contributed by atoms with van der Waals surface area (Å²) in [5.41, 5.74) is 0. The van der Waals surface area contributed by atoms with Gasteiger partial charge in [0, 0.05) is 24.8 Å². The zero-order chi connectivity index (χ0) is 11.8. The van der Waals surface area contributed by atoms with Crippen molar-refractivity contribution >= 4 is 10.8 Å². The normalized spacial score (nSPS) is 12.5. The summed E-state index contributed by atoms with van der Waals surface area (Å²) in [6.45, 7) is 0. The van der Waals surface area contributed by atoms with Crippen LogP contribution in [0, 0.1) is 0 Å². The van der Waals surface area contributed by atoms with E-state index in [9.17, 15) is 0 Å². The number of allylic oxidation sites excluding steroid dienone is 4. The standard InChI is InChI=1S/C9H7N.C6H7N/c1-2-4-9-7-10-6-5-8(9)3-1;1-2-4-6-7-5-3-1/h1-7H;1-7H. The summed E-state index contributed by atoms with van der Waals surface area (Å²) in [4.78, 5) is 4.01. The second kappa shape index (κ2) is 6.28. The Morgan fingerprint density at radius 1 is 0.765 bits per heavy atom. The zero-order valence-corrected chi connectivity index (χ0v) is 9.45. The molecule has 3 rings (SSSR count). The Morgan fingerprint density at radius 2 is 1.47 bits per heavy atom. The number of hydrogen-bond donors (Lipinski definition) is 1. The van der Waals surface area contributed by atoms with Gasteiger partial charge in [-0.25, -0.2) is 0 Å². The first kappa shape index (κ1) is 11.1. The van der Waals surface area contributed by atoms with Gasteiger partial charge in [-0.05, 0) is 29.0 Å². The molecule has 17 heavy (non-hydrogen) atoms. The smallest absolute Gasteiger partial charge is 0.0346 e. The number of rotatable bonds is 0. The highest BCUT2D eigenvalue weighted by molar-refractivity contribution is 5.80. The monoisotopic (exact) mass is 222 g/mol. The molecule has 0 atom stereocenters. The molecular formula is C15H14N2. The van der Waals surface area contributed by atoms with Gasteiger partial charge >= 0.3 is 0 Å². The second-order valence-corrected chi connectivity index (χ2v) is 3.49. The van der Waals surface area contributed by atoms with Crippen LogP contribution >= 0.6 is 0 Å². The van der Waals surface area contributed by atoms with Crippen LogP contribution in [0.1, 0.15) is 0 Å². The Bertz CT molecular complexity index is 474. The average molecular weight is 222 g/mol. The predicted molar refractivity (Wildman–Crippen MR) is 72.3 cm³/mol. The highest BCUT2D eigenvalue weighted by Gasteiger charge is 1.86. The summed E-state index contributed by atoms with van der Waals surface area (Å²) in [7, 11) is 0. The molecule has 1 aliphatic heterocycles. The minimum atomic E-state index is 1.20. The lowest BCUT2D eigenvalue weighted by molar-refractivity contribution is 1.20. The summed E-state index contributed by atoms with van der Waals surface area (Å²) >= 11 is 0. The number of hydrogen-bond acceptors (Lipinski definition) is 2. The van der Waals surface area contributed by atoms with Gasteiger partial charge < -0.3 is 5.32 Å². The fraction of sp³-hybridized carbons (Fsp3) is 0. The molecule has 0 saturated carbocycles. The lowest BCUT2D eigenvalue weighted by Gasteiger charge is -1.91. The highest BCUT2D eigenvalue weighted by atomic mass is 14.8. The van der Waals surface area contributed by atoms with Gasteiger partial charge in [0.1, 0.15) is 0 Å². The van der Waals surface area contributed by atoms with E-state index in [-0.39, 0.29) is 0 Å². The predicted octanol–water partition coefficient (Wildman–Crippen LogP) is 3.41. The van der Waals surface area contributed by atoms with Crippen molar-refractivity contribution in [3.8, 4) is 0 Å². The molecule has 2 nitrogen and oxygen atoms in total. The van der Waals surface area contributed by atoms with Crippen molar-refractivity contribution < 1.29 is 0 Å². The Kier molecular flexibility index (Phi) is 4.12. The van der Waals surface area contributed by atoms with Gasteiger partial charge in [-0.3, -0.25) is 4.98 Å². The maximum Gasteiger partial charge on any atom is 0.0346 e. The second-order valence-electron chi connectivity index (χ2n) is 3.49. The van der Waals surface area contributed by atoms with E-state index >= 15 is 0 Å². The first-order valence-corrected chi connectivity index (χ1v) is 5.50. The van der Waals surface area contributed by atoms with Crippen LogP contribution in [0.5, 0.6) is 0 Å². The van der Waals surface area contributed by atoms with Crippen molar-refractivity contribution in [3.05, 3.63) is 79.4 Å². The van der Waals surface area contributed by atoms with Crippen LogP contribution in [0.15, 0.2) is 79.4 Å². The van der Waals surface area contributed by atoms with Crippen molar-refractivity contribution in [3.63, 3.8) is 0 Å². The van der Waals surface area contributed by atoms with Crippen LogP contribution in [0.3, 0.4) is 0 Å². The van der Waals surface area contributed by atoms with E-state index in [1.807, 2.05) is 67.3 Å². The van der Waals surface area contributed by atoms with E-state index in [1.54, 1.807) is 0 Å². The maximum atomic E-state index is 4.01. The first-order chi connectivity index (χ1) is 8.47. The van der Waals surface area contributed by atoms with Crippen LogP contribution in [0.4, 0.5) is 0 Å². The van der Waals surface area contributed by atoms with Crippen molar-refractivity contribution in [1.29, 1.82) is 0 Å². The van der Waals surface area contributed by atoms with Gasteiger partial charge in [0.15, 0.2) is 0 Å². The number of benzene rings is 1. The lowest BCUT2D eigenvalue weighted by Crippen LogP contribution is -1.87. The molecule has 0 unspecified atom stereocenters. The third-order valence-electron chi connectivity index (χ3n) is 2.27. The molecule has 0 aliphatic carbocycles. The molecule has 84 valence electrons. The zero-order valence-electron chi connectivity index (χ0n) is 9.45. The van der Waals surface area contributed by atoms with E-state index in [4.69, 9.17) is 0 Å². The van der Waals surface area contributed by atoms with Gasteiger partial charge in [0.25, 0.3) is 0 Å². The number of pyridine rings is 1. The van der Waals surface area contributed by atoms with Crippen molar-refractivity contribution in [2.75, 3.05) is 0 Å². The number of fused-ring (bicyclic) bond motifs is 1.